The molecule has 0 spiro atoms. The van der Waals surface area contributed by atoms with Gasteiger partial charge < -0.3 is 10.1 Å². The minimum atomic E-state index is -0.703. The molecule has 0 saturated heterocycles. The van der Waals surface area contributed by atoms with Crippen molar-refractivity contribution in [2.75, 3.05) is 12.4 Å². The predicted molar refractivity (Wildman–Crippen MR) is 138 cm³/mol. The molecule has 8 heteroatoms. The van der Waals surface area contributed by atoms with Crippen molar-refractivity contribution in [2.24, 2.45) is 4.99 Å². The highest BCUT2D eigenvalue weighted by molar-refractivity contribution is 7.07. The van der Waals surface area contributed by atoms with E-state index in [0.29, 0.717) is 37.6 Å². The normalized spacial score (nSPS) is 15.3. The summed E-state index contributed by atoms with van der Waals surface area (Å²) < 4.78 is 21.0. The summed E-state index contributed by atoms with van der Waals surface area (Å²) in [5, 5.41) is 2.92. The second-order valence-corrected chi connectivity index (χ2v) is 9.24. The van der Waals surface area contributed by atoms with Gasteiger partial charge in [-0.15, -0.1) is 0 Å². The van der Waals surface area contributed by atoms with Crippen molar-refractivity contribution in [3.63, 3.8) is 0 Å². The SMILES string of the molecule is COc1ccc([C@@H]2C(C(=O)Nc3ccccc3)=C(C)N=c3s/c(=C/c4cccc(F)c4)c(=O)n32)cc1. The first kappa shape index (κ1) is 23.4. The Labute approximate surface area is 210 Å². The summed E-state index contributed by atoms with van der Waals surface area (Å²) >= 11 is 1.21. The Hall–Kier alpha value is -4.30. The van der Waals surface area contributed by atoms with Crippen molar-refractivity contribution in [3.05, 3.63) is 127 Å². The number of methoxy groups -OCH3 is 1. The van der Waals surface area contributed by atoms with E-state index in [9.17, 15) is 14.0 Å². The molecular formula is C28H22FN3O3S. The molecule has 1 N–H and O–H groups in total. The number of nitrogens with one attached hydrogen (secondary N) is 1. The third-order valence-corrected chi connectivity index (χ3v) is 6.86. The molecule has 36 heavy (non-hydrogen) atoms. The average Bonchev–Trinajstić information content (AvgIpc) is 3.18. The lowest BCUT2D eigenvalue weighted by atomic mass is 9.95. The zero-order valence-electron chi connectivity index (χ0n) is 19.6. The third kappa shape index (κ3) is 4.50. The number of hydrogen-bond acceptors (Lipinski definition) is 5. The Bertz CT molecular complexity index is 1650. The van der Waals surface area contributed by atoms with E-state index in [1.54, 1.807) is 56.5 Å². The molecule has 4 aromatic rings. The summed E-state index contributed by atoms with van der Waals surface area (Å²) in [6.45, 7) is 1.76. The summed E-state index contributed by atoms with van der Waals surface area (Å²) in [4.78, 5) is 32.3. The van der Waals surface area contributed by atoms with Gasteiger partial charge >= 0.3 is 0 Å². The number of carbonyl (C=O) groups is 1. The van der Waals surface area contributed by atoms with Crippen LogP contribution in [0.4, 0.5) is 10.1 Å². The van der Waals surface area contributed by atoms with Gasteiger partial charge in [0.25, 0.3) is 11.5 Å². The number of para-hydroxylation sites is 1. The van der Waals surface area contributed by atoms with Crippen LogP contribution in [-0.2, 0) is 4.79 Å². The van der Waals surface area contributed by atoms with E-state index in [1.807, 2.05) is 30.3 Å². The van der Waals surface area contributed by atoms with Gasteiger partial charge in [-0.25, -0.2) is 9.38 Å². The summed E-state index contributed by atoms with van der Waals surface area (Å²) in [7, 11) is 1.58. The van der Waals surface area contributed by atoms with Gasteiger partial charge in [0.2, 0.25) is 0 Å². The van der Waals surface area contributed by atoms with Crippen LogP contribution >= 0.6 is 11.3 Å². The van der Waals surface area contributed by atoms with Crippen LogP contribution in [0.15, 0.2) is 99.9 Å². The van der Waals surface area contributed by atoms with E-state index < -0.39 is 6.04 Å². The highest BCUT2D eigenvalue weighted by Crippen LogP contribution is 2.31. The number of hydrogen-bond donors (Lipinski definition) is 1. The van der Waals surface area contributed by atoms with Crippen LogP contribution in [-0.4, -0.2) is 17.6 Å². The molecule has 1 aliphatic heterocycles. The number of amides is 1. The third-order valence-electron chi connectivity index (χ3n) is 5.88. The van der Waals surface area contributed by atoms with E-state index >= 15 is 0 Å². The van der Waals surface area contributed by atoms with Crippen molar-refractivity contribution in [3.8, 4) is 5.75 Å². The summed E-state index contributed by atoms with van der Waals surface area (Å²) in [6.07, 6.45) is 1.64. The lowest BCUT2D eigenvalue weighted by Gasteiger charge is -2.25. The molecule has 0 unspecified atom stereocenters. The molecule has 2 heterocycles. The van der Waals surface area contributed by atoms with Gasteiger partial charge in [-0.3, -0.25) is 14.2 Å². The summed E-state index contributed by atoms with van der Waals surface area (Å²) in [5.41, 5.74) is 2.53. The minimum absolute atomic E-state index is 0.304. The van der Waals surface area contributed by atoms with E-state index in [4.69, 9.17) is 4.74 Å². The Morgan fingerprint density at radius 3 is 2.53 bits per heavy atom. The van der Waals surface area contributed by atoms with E-state index in [0.717, 1.165) is 5.56 Å². The predicted octanol–water partition coefficient (Wildman–Crippen LogP) is 4.02. The van der Waals surface area contributed by atoms with Crippen LogP contribution in [0.1, 0.15) is 24.1 Å². The van der Waals surface area contributed by atoms with Crippen LogP contribution in [0.2, 0.25) is 0 Å². The molecule has 1 aromatic heterocycles. The number of benzene rings is 3. The zero-order valence-corrected chi connectivity index (χ0v) is 20.4. The van der Waals surface area contributed by atoms with Crippen molar-refractivity contribution in [1.29, 1.82) is 0 Å². The molecule has 1 aliphatic rings. The number of fused-ring (bicyclic) bond motifs is 1. The fourth-order valence-corrected chi connectivity index (χ4v) is 5.23. The van der Waals surface area contributed by atoms with Gasteiger partial charge in [0.1, 0.15) is 11.6 Å². The van der Waals surface area contributed by atoms with Gasteiger partial charge in [-0.2, -0.15) is 0 Å². The van der Waals surface area contributed by atoms with Gasteiger partial charge in [-0.05, 0) is 60.5 Å². The Morgan fingerprint density at radius 1 is 1.08 bits per heavy atom. The number of allylic oxidation sites excluding steroid dienone is 1. The number of thiazole rings is 1. The number of anilines is 1. The first-order valence-corrected chi connectivity index (χ1v) is 12.0. The maximum absolute atomic E-state index is 13.7. The molecule has 5 rings (SSSR count). The molecule has 0 radical (unpaired) electrons. The van der Waals surface area contributed by atoms with E-state index in [2.05, 4.69) is 10.3 Å². The largest absolute Gasteiger partial charge is 0.497 e. The lowest BCUT2D eigenvalue weighted by molar-refractivity contribution is -0.113. The lowest BCUT2D eigenvalue weighted by Crippen LogP contribution is -2.40. The molecule has 6 nitrogen and oxygen atoms in total. The molecule has 1 atom stereocenters. The number of nitrogens with zero attached hydrogens (tertiary/aromatic N) is 2. The van der Waals surface area contributed by atoms with E-state index in [-0.39, 0.29) is 17.3 Å². The fourth-order valence-electron chi connectivity index (χ4n) is 4.18. The number of halogens is 1. The molecule has 180 valence electrons. The Balaban J connectivity index is 1.68. The number of carbonyl (C=O) groups excluding carboxylic acids is 1. The van der Waals surface area contributed by atoms with Gasteiger partial charge in [0.05, 0.1) is 29.0 Å². The van der Waals surface area contributed by atoms with E-state index in [1.165, 1.54) is 28.0 Å². The summed E-state index contributed by atoms with van der Waals surface area (Å²) in [6, 6.07) is 21.7. The average molecular weight is 500 g/mol. The number of aromatic nitrogens is 1. The highest BCUT2D eigenvalue weighted by Gasteiger charge is 2.32. The Kier molecular flexibility index (Phi) is 6.35. The monoisotopic (exact) mass is 499 g/mol. The maximum Gasteiger partial charge on any atom is 0.271 e. The topological polar surface area (TPSA) is 72.7 Å². The van der Waals surface area contributed by atoms with Crippen LogP contribution in [0, 0.1) is 5.82 Å². The van der Waals surface area contributed by atoms with Crippen molar-refractivity contribution < 1.29 is 13.9 Å². The van der Waals surface area contributed by atoms with Gasteiger partial charge in [0.15, 0.2) is 4.80 Å². The first-order chi connectivity index (χ1) is 17.4. The van der Waals surface area contributed by atoms with Crippen molar-refractivity contribution >= 4 is 29.0 Å². The van der Waals surface area contributed by atoms with Gasteiger partial charge in [0, 0.05) is 5.69 Å². The molecule has 3 aromatic carbocycles. The molecule has 0 saturated carbocycles. The number of ether oxygens (including phenoxy) is 1. The molecule has 1 amide bonds. The first-order valence-electron chi connectivity index (χ1n) is 11.2. The fraction of sp³-hybridized carbons (Fsp3) is 0.107. The Morgan fingerprint density at radius 2 is 1.83 bits per heavy atom. The molecular weight excluding hydrogens is 477 g/mol. The zero-order chi connectivity index (χ0) is 25.2. The quantitative estimate of drug-likeness (QED) is 0.451. The molecule has 0 bridgehead atoms. The highest BCUT2D eigenvalue weighted by atomic mass is 32.1. The maximum atomic E-state index is 13.7. The second-order valence-electron chi connectivity index (χ2n) is 8.23. The minimum Gasteiger partial charge on any atom is -0.497 e. The number of rotatable bonds is 5. The van der Waals surface area contributed by atoms with Crippen LogP contribution in [0.25, 0.3) is 6.08 Å². The van der Waals surface area contributed by atoms with Crippen LogP contribution in [0.3, 0.4) is 0 Å². The smallest absolute Gasteiger partial charge is 0.271 e. The van der Waals surface area contributed by atoms with Crippen LogP contribution in [0.5, 0.6) is 5.75 Å². The second kappa shape index (κ2) is 9.75. The van der Waals surface area contributed by atoms with Crippen LogP contribution < -0.4 is 24.9 Å². The molecule has 0 aliphatic carbocycles. The summed E-state index contributed by atoms with van der Waals surface area (Å²) in [5.74, 6) is -0.0701. The van der Waals surface area contributed by atoms with Gasteiger partial charge in [-0.1, -0.05) is 53.8 Å². The molecule has 0 fully saturated rings. The van der Waals surface area contributed by atoms with Crippen molar-refractivity contribution in [2.45, 2.75) is 13.0 Å². The van der Waals surface area contributed by atoms with Crippen molar-refractivity contribution in [1.82, 2.24) is 4.57 Å². The standard InChI is InChI=1S/C28H22FN3O3S/c1-17-24(26(33)31-21-9-4-3-5-10-21)25(19-11-13-22(35-2)14-12-19)32-27(34)23(36-28(32)30-17)16-18-7-6-8-20(29)15-18/h3-16,25H,1-2H3,(H,31,33)/b23-16+/t25-/m1/s1.